The molecule has 3 N–H and O–H groups in total. The van der Waals surface area contributed by atoms with E-state index in [0.29, 0.717) is 0 Å². The third kappa shape index (κ3) is 6.39. The molecule has 1 atom stereocenters. The lowest BCUT2D eigenvalue weighted by atomic mass is 9.90. The minimum absolute atomic E-state index is 0.170. The third-order valence-corrected chi connectivity index (χ3v) is 3.90. The van der Waals surface area contributed by atoms with Gasteiger partial charge < -0.3 is 16.0 Å². The summed E-state index contributed by atoms with van der Waals surface area (Å²) >= 11 is 0. The number of hydrogen-bond donors (Lipinski definition) is 2. The first-order valence-electron chi connectivity index (χ1n) is 7.35. The van der Waals surface area contributed by atoms with E-state index < -0.39 is 0 Å². The number of unbranched alkanes of at least 4 members (excludes halogenated alkanes) is 1. The second-order valence-electron chi connectivity index (χ2n) is 4.90. The molecule has 0 rings (SSSR count). The Labute approximate surface area is 108 Å². The highest BCUT2D eigenvalue weighted by Gasteiger charge is 2.24. The fraction of sp³-hybridized carbons (Fsp3) is 1.00. The van der Waals surface area contributed by atoms with E-state index in [1.807, 2.05) is 0 Å². The molecule has 104 valence electrons. The molecule has 0 fully saturated rings. The molecule has 0 heterocycles. The first-order valence-corrected chi connectivity index (χ1v) is 7.35. The maximum atomic E-state index is 5.96. The zero-order valence-corrected chi connectivity index (χ0v) is 12.4. The van der Waals surface area contributed by atoms with Crippen LogP contribution < -0.4 is 11.1 Å². The number of likely N-dealkylation sites (N-methyl/N-ethyl adjacent to an activating group) is 1. The predicted molar refractivity (Wildman–Crippen MR) is 77.4 cm³/mol. The molecule has 0 spiro atoms. The van der Waals surface area contributed by atoms with Gasteiger partial charge in [-0.25, -0.2) is 0 Å². The number of nitrogens with one attached hydrogen (secondary N) is 1. The van der Waals surface area contributed by atoms with Crippen LogP contribution in [0.2, 0.25) is 0 Å². The van der Waals surface area contributed by atoms with Crippen molar-refractivity contribution in [2.24, 2.45) is 5.73 Å². The third-order valence-electron chi connectivity index (χ3n) is 3.90. The molecule has 0 amide bonds. The second-order valence-corrected chi connectivity index (χ2v) is 4.90. The van der Waals surface area contributed by atoms with Crippen LogP contribution in [0.15, 0.2) is 0 Å². The molecule has 3 nitrogen and oxygen atoms in total. The Morgan fingerprint density at radius 1 is 1.12 bits per heavy atom. The number of nitrogens with two attached hydrogens (primary N) is 1. The Morgan fingerprint density at radius 3 is 2.18 bits per heavy atom. The van der Waals surface area contributed by atoms with E-state index in [9.17, 15) is 0 Å². The SMILES string of the molecule is CCCCC(CC)(CN)NCCN(CC)CC. The van der Waals surface area contributed by atoms with Crippen LogP contribution >= 0.6 is 0 Å². The van der Waals surface area contributed by atoms with E-state index in [1.165, 1.54) is 19.3 Å². The maximum absolute atomic E-state index is 5.96. The quantitative estimate of drug-likeness (QED) is 0.584. The normalized spacial score (nSPS) is 15.2. The number of hydrogen-bond acceptors (Lipinski definition) is 3. The molecular weight excluding hydrogens is 210 g/mol. The predicted octanol–water partition coefficient (Wildman–Crippen LogP) is 2.22. The Bertz CT molecular complexity index is 163. The van der Waals surface area contributed by atoms with Crippen molar-refractivity contribution in [3.05, 3.63) is 0 Å². The fourth-order valence-corrected chi connectivity index (χ4v) is 2.24. The zero-order chi connectivity index (χ0) is 13.1. The summed E-state index contributed by atoms with van der Waals surface area (Å²) in [6.07, 6.45) is 4.85. The molecular formula is C14H33N3. The first-order chi connectivity index (χ1) is 8.17. The van der Waals surface area contributed by atoms with Crippen LogP contribution in [0.5, 0.6) is 0 Å². The molecule has 1 unspecified atom stereocenters. The van der Waals surface area contributed by atoms with Crippen LogP contribution in [0.1, 0.15) is 53.4 Å². The van der Waals surface area contributed by atoms with Crippen molar-refractivity contribution < 1.29 is 0 Å². The standard InChI is InChI=1S/C14H33N3/c1-5-9-10-14(6-2,13-15)16-11-12-17(7-3)8-4/h16H,5-13,15H2,1-4H3. The van der Waals surface area contributed by atoms with Gasteiger partial charge in [0.05, 0.1) is 0 Å². The fourth-order valence-electron chi connectivity index (χ4n) is 2.24. The lowest BCUT2D eigenvalue weighted by molar-refractivity contribution is 0.250. The van der Waals surface area contributed by atoms with Crippen LogP contribution in [0.4, 0.5) is 0 Å². The molecule has 17 heavy (non-hydrogen) atoms. The molecule has 0 aromatic heterocycles. The molecule has 0 aromatic rings. The molecule has 0 aromatic carbocycles. The molecule has 0 aliphatic heterocycles. The second kappa shape index (κ2) is 9.86. The first kappa shape index (κ1) is 16.9. The lowest BCUT2D eigenvalue weighted by Crippen LogP contribution is -2.52. The van der Waals surface area contributed by atoms with Gasteiger partial charge in [0.15, 0.2) is 0 Å². The Hall–Kier alpha value is -0.120. The minimum atomic E-state index is 0.170. The van der Waals surface area contributed by atoms with Gasteiger partial charge in [-0.05, 0) is 25.9 Å². The molecule has 0 saturated carbocycles. The van der Waals surface area contributed by atoms with E-state index in [1.54, 1.807) is 0 Å². The van der Waals surface area contributed by atoms with Gasteiger partial charge >= 0.3 is 0 Å². The number of nitrogens with zero attached hydrogens (tertiary/aromatic N) is 1. The average molecular weight is 243 g/mol. The lowest BCUT2D eigenvalue weighted by Gasteiger charge is -2.34. The van der Waals surface area contributed by atoms with E-state index >= 15 is 0 Å². The van der Waals surface area contributed by atoms with Gasteiger partial charge in [-0.3, -0.25) is 0 Å². The van der Waals surface area contributed by atoms with Gasteiger partial charge in [0.2, 0.25) is 0 Å². The van der Waals surface area contributed by atoms with Gasteiger partial charge in [0.1, 0.15) is 0 Å². The maximum Gasteiger partial charge on any atom is 0.0301 e. The van der Waals surface area contributed by atoms with Crippen molar-refractivity contribution >= 4 is 0 Å². The van der Waals surface area contributed by atoms with Crippen molar-refractivity contribution in [1.82, 2.24) is 10.2 Å². The van der Waals surface area contributed by atoms with Crippen LogP contribution in [-0.4, -0.2) is 43.2 Å². The van der Waals surface area contributed by atoms with Crippen molar-refractivity contribution in [1.29, 1.82) is 0 Å². The van der Waals surface area contributed by atoms with Gasteiger partial charge in [-0.15, -0.1) is 0 Å². The molecule has 0 aliphatic rings. The van der Waals surface area contributed by atoms with Gasteiger partial charge in [-0.2, -0.15) is 0 Å². The summed E-state index contributed by atoms with van der Waals surface area (Å²) in [5, 5.41) is 3.70. The minimum Gasteiger partial charge on any atom is -0.329 e. The van der Waals surface area contributed by atoms with Crippen molar-refractivity contribution in [2.75, 3.05) is 32.7 Å². The van der Waals surface area contributed by atoms with Gasteiger partial charge in [0, 0.05) is 25.2 Å². The van der Waals surface area contributed by atoms with E-state index in [0.717, 1.165) is 39.1 Å². The van der Waals surface area contributed by atoms with Crippen LogP contribution in [0.25, 0.3) is 0 Å². The molecule has 0 saturated heterocycles. The van der Waals surface area contributed by atoms with Crippen molar-refractivity contribution in [2.45, 2.75) is 58.9 Å². The molecule has 0 bridgehead atoms. The summed E-state index contributed by atoms with van der Waals surface area (Å²) in [7, 11) is 0. The summed E-state index contributed by atoms with van der Waals surface area (Å²) < 4.78 is 0. The van der Waals surface area contributed by atoms with Crippen LogP contribution in [0, 0.1) is 0 Å². The average Bonchev–Trinajstić information content (AvgIpc) is 2.39. The topological polar surface area (TPSA) is 41.3 Å². The van der Waals surface area contributed by atoms with Crippen molar-refractivity contribution in [3.8, 4) is 0 Å². The summed E-state index contributed by atoms with van der Waals surface area (Å²) in [6, 6.07) is 0. The Morgan fingerprint density at radius 2 is 1.76 bits per heavy atom. The summed E-state index contributed by atoms with van der Waals surface area (Å²) in [6.45, 7) is 14.1. The summed E-state index contributed by atoms with van der Waals surface area (Å²) in [4.78, 5) is 2.45. The van der Waals surface area contributed by atoms with Crippen LogP contribution in [0.3, 0.4) is 0 Å². The van der Waals surface area contributed by atoms with E-state index in [-0.39, 0.29) is 5.54 Å². The smallest absolute Gasteiger partial charge is 0.0301 e. The van der Waals surface area contributed by atoms with Crippen molar-refractivity contribution in [3.63, 3.8) is 0 Å². The zero-order valence-electron chi connectivity index (χ0n) is 12.4. The van der Waals surface area contributed by atoms with E-state index in [4.69, 9.17) is 5.73 Å². The monoisotopic (exact) mass is 243 g/mol. The molecule has 3 heteroatoms. The van der Waals surface area contributed by atoms with Gasteiger partial charge in [-0.1, -0.05) is 40.5 Å². The van der Waals surface area contributed by atoms with Crippen LogP contribution in [-0.2, 0) is 0 Å². The Kier molecular flexibility index (Phi) is 9.79. The molecule has 0 aliphatic carbocycles. The summed E-state index contributed by atoms with van der Waals surface area (Å²) in [5.74, 6) is 0. The summed E-state index contributed by atoms with van der Waals surface area (Å²) in [5.41, 5.74) is 6.13. The molecule has 0 radical (unpaired) electrons. The van der Waals surface area contributed by atoms with Gasteiger partial charge in [0.25, 0.3) is 0 Å². The highest BCUT2D eigenvalue weighted by atomic mass is 15.1. The number of rotatable bonds is 11. The van der Waals surface area contributed by atoms with E-state index in [2.05, 4.69) is 37.9 Å². The largest absolute Gasteiger partial charge is 0.329 e. The highest BCUT2D eigenvalue weighted by Crippen LogP contribution is 2.17. The Balaban J connectivity index is 4.06. The highest BCUT2D eigenvalue weighted by molar-refractivity contribution is 4.87.